The van der Waals surface area contributed by atoms with E-state index in [-0.39, 0.29) is 12.2 Å². The van der Waals surface area contributed by atoms with Gasteiger partial charge in [-0.25, -0.2) is 0 Å². The molecular weight excluding hydrogens is 276 g/mol. The van der Waals surface area contributed by atoms with E-state index in [9.17, 15) is 0 Å². The fourth-order valence-electron chi connectivity index (χ4n) is 2.19. The van der Waals surface area contributed by atoms with Crippen LogP contribution in [0.2, 0.25) is 0 Å². The van der Waals surface area contributed by atoms with E-state index < -0.39 is 18.2 Å². The Kier molecular flexibility index (Phi) is 4.51. The molecule has 7 heteroatoms. The van der Waals surface area contributed by atoms with Gasteiger partial charge in [0.05, 0.1) is 6.61 Å². The van der Waals surface area contributed by atoms with Gasteiger partial charge in [-0.1, -0.05) is 11.8 Å². The summed E-state index contributed by atoms with van der Waals surface area (Å²) in [7, 11) is 1.57. The van der Waals surface area contributed by atoms with Crippen LogP contribution in [-0.4, -0.2) is 54.7 Å². The van der Waals surface area contributed by atoms with Gasteiger partial charge in [0.1, 0.15) is 12.2 Å². The lowest BCUT2D eigenvalue weighted by Crippen LogP contribution is -2.53. The smallest absolute Gasteiger partial charge is 0.220 e. The van der Waals surface area contributed by atoms with Gasteiger partial charge in [-0.2, -0.15) is 0 Å². The maximum Gasteiger partial charge on any atom is 0.220 e. The Balaban J connectivity index is 2.12. The molecular formula is C11H18O5S2. The molecule has 2 aliphatic rings. The van der Waals surface area contributed by atoms with Crippen molar-refractivity contribution in [3.05, 3.63) is 0 Å². The quantitative estimate of drug-likeness (QED) is 0.716. The van der Waals surface area contributed by atoms with Crippen LogP contribution in [-0.2, 0) is 23.7 Å². The highest BCUT2D eigenvalue weighted by atomic mass is 32.2. The van der Waals surface area contributed by atoms with Crippen molar-refractivity contribution in [1.82, 2.24) is 0 Å². The van der Waals surface area contributed by atoms with Crippen LogP contribution in [0.4, 0.5) is 0 Å². The number of fused-ring (bicyclic) bond motifs is 1. The summed E-state index contributed by atoms with van der Waals surface area (Å²) in [4.78, 5) is 0. The van der Waals surface area contributed by atoms with Crippen molar-refractivity contribution in [3.63, 3.8) is 0 Å². The lowest BCUT2D eigenvalue weighted by atomic mass is 10.1. The van der Waals surface area contributed by atoms with Crippen LogP contribution < -0.4 is 0 Å². The van der Waals surface area contributed by atoms with Gasteiger partial charge in [0, 0.05) is 7.11 Å². The molecule has 0 amide bonds. The molecule has 0 radical (unpaired) electrons. The minimum absolute atomic E-state index is 0.152. The molecule has 0 bridgehead atoms. The second-order valence-electron chi connectivity index (χ2n) is 4.61. The summed E-state index contributed by atoms with van der Waals surface area (Å²) < 4.78 is 28.6. The Morgan fingerprint density at radius 3 is 2.72 bits per heavy atom. The largest absolute Gasteiger partial charge is 0.467 e. The van der Waals surface area contributed by atoms with E-state index in [2.05, 4.69) is 0 Å². The minimum Gasteiger partial charge on any atom is -0.467 e. The summed E-state index contributed by atoms with van der Waals surface area (Å²) in [6.45, 7) is 4.17. The average molecular weight is 294 g/mol. The molecule has 0 aliphatic carbocycles. The summed E-state index contributed by atoms with van der Waals surface area (Å²) >= 11 is 6.45. The van der Waals surface area contributed by atoms with Crippen molar-refractivity contribution in [2.45, 2.75) is 44.2 Å². The third-order valence-corrected chi connectivity index (χ3v) is 3.90. The molecule has 4 unspecified atom stereocenters. The van der Waals surface area contributed by atoms with Crippen LogP contribution in [0.1, 0.15) is 13.8 Å². The zero-order chi connectivity index (χ0) is 13.3. The lowest BCUT2D eigenvalue weighted by molar-refractivity contribution is -0.236. The van der Waals surface area contributed by atoms with Crippen LogP contribution in [0.25, 0.3) is 0 Å². The fourth-order valence-corrected chi connectivity index (χ4v) is 2.51. The van der Waals surface area contributed by atoms with E-state index in [1.54, 1.807) is 7.11 Å². The van der Waals surface area contributed by atoms with E-state index in [1.165, 1.54) is 11.8 Å². The van der Waals surface area contributed by atoms with Crippen molar-refractivity contribution in [1.29, 1.82) is 0 Å². The van der Waals surface area contributed by atoms with Crippen LogP contribution in [0, 0.1) is 0 Å². The molecule has 5 nitrogen and oxygen atoms in total. The number of thioether (sulfide) groups is 1. The molecule has 2 aliphatic heterocycles. The first-order valence-electron chi connectivity index (χ1n) is 5.71. The number of methoxy groups -OCH3 is 1. The SMILES string of the molecule is COC1OCC2OC(C)(C)OC2C1OC(=S)SC. The molecule has 18 heavy (non-hydrogen) atoms. The first kappa shape index (κ1) is 14.5. The van der Waals surface area contributed by atoms with Gasteiger partial charge in [-0.05, 0) is 32.3 Å². The third-order valence-electron chi connectivity index (χ3n) is 2.87. The molecule has 0 saturated carbocycles. The summed E-state index contributed by atoms with van der Waals surface area (Å²) in [6.07, 6.45) is 0.579. The second kappa shape index (κ2) is 5.60. The topological polar surface area (TPSA) is 46.2 Å². The van der Waals surface area contributed by atoms with Gasteiger partial charge in [-0.15, -0.1) is 0 Å². The van der Waals surface area contributed by atoms with E-state index in [4.69, 9.17) is 35.9 Å². The third kappa shape index (κ3) is 2.97. The Labute approximate surface area is 116 Å². The van der Waals surface area contributed by atoms with Crippen molar-refractivity contribution >= 4 is 28.4 Å². The first-order valence-corrected chi connectivity index (χ1v) is 7.35. The molecule has 2 saturated heterocycles. The molecule has 0 aromatic carbocycles. The summed E-state index contributed by atoms with van der Waals surface area (Å²) in [6, 6.07) is 0. The summed E-state index contributed by atoms with van der Waals surface area (Å²) in [5.41, 5.74) is 0. The maximum atomic E-state index is 5.87. The van der Waals surface area contributed by atoms with Gasteiger partial charge in [-0.3, -0.25) is 0 Å². The molecule has 0 N–H and O–H groups in total. The van der Waals surface area contributed by atoms with Gasteiger partial charge < -0.3 is 23.7 Å². The zero-order valence-corrected chi connectivity index (χ0v) is 12.5. The van der Waals surface area contributed by atoms with Gasteiger partial charge >= 0.3 is 0 Å². The molecule has 2 heterocycles. The van der Waals surface area contributed by atoms with Crippen molar-refractivity contribution in [2.75, 3.05) is 20.0 Å². The fraction of sp³-hybridized carbons (Fsp3) is 0.909. The van der Waals surface area contributed by atoms with Crippen LogP contribution in [0.5, 0.6) is 0 Å². The Morgan fingerprint density at radius 2 is 2.11 bits per heavy atom. The number of hydrogen-bond acceptors (Lipinski definition) is 7. The van der Waals surface area contributed by atoms with Gasteiger partial charge in [0.25, 0.3) is 0 Å². The highest BCUT2D eigenvalue weighted by Crippen LogP contribution is 2.36. The summed E-state index contributed by atoms with van der Waals surface area (Å²) in [5, 5.41) is 0. The minimum atomic E-state index is -0.635. The normalized spacial score (nSPS) is 38.2. The van der Waals surface area contributed by atoms with E-state index in [0.29, 0.717) is 11.0 Å². The monoisotopic (exact) mass is 294 g/mol. The van der Waals surface area contributed by atoms with Gasteiger partial charge in [0.2, 0.25) is 4.38 Å². The van der Waals surface area contributed by atoms with Crippen molar-refractivity contribution in [3.8, 4) is 0 Å². The summed E-state index contributed by atoms with van der Waals surface area (Å²) in [5.74, 6) is -0.635. The highest BCUT2D eigenvalue weighted by Gasteiger charge is 2.52. The molecule has 2 rings (SSSR count). The predicted octanol–water partition coefficient (Wildman–Crippen LogP) is 1.54. The molecule has 0 aromatic heterocycles. The number of rotatable bonds is 2. The lowest BCUT2D eigenvalue weighted by Gasteiger charge is -2.36. The van der Waals surface area contributed by atoms with E-state index >= 15 is 0 Å². The number of ether oxygens (including phenoxy) is 5. The van der Waals surface area contributed by atoms with Crippen LogP contribution >= 0.6 is 24.0 Å². The number of hydrogen-bond donors (Lipinski definition) is 0. The van der Waals surface area contributed by atoms with Crippen LogP contribution in [0.15, 0.2) is 0 Å². The van der Waals surface area contributed by atoms with E-state index in [0.717, 1.165) is 0 Å². The molecule has 104 valence electrons. The standard InChI is InChI=1S/C11H18O5S2/c1-11(2)15-6-5-13-9(12-3)8(7(6)16-11)14-10(17)18-4/h6-9H,5H2,1-4H3. The second-order valence-corrected chi connectivity index (χ2v) is 6.02. The Bertz CT molecular complexity index is 323. The molecule has 2 fully saturated rings. The highest BCUT2D eigenvalue weighted by molar-refractivity contribution is 8.22. The first-order chi connectivity index (χ1) is 8.46. The zero-order valence-electron chi connectivity index (χ0n) is 10.9. The van der Waals surface area contributed by atoms with E-state index in [1.807, 2.05) is 20.1 Å². The van der Waals surface area contributed by atoms with Crippen molar-refractivity contribution in [2.24, 2.45) is 0 Å². The average Bonchev–Trinajstić information content (AvgIpc) is 2.64. The van der Waals surface area contributed by atoms with Gasteiger partial charge in [0.15, 0.2) is 18.2 Å². The maximum absolute atomic E-state index is 5.87. The Morgan fingerprint density at radius 1 is 1.39 bits per heavy atom. The van der Waals surface area contributed by atoms with Crippen LogP contribution in [0.3, 0.4) is 0 Å². The number of thiocarbonyl (C=S) groups is 1. The Hall–Kier alpha value is 0.0800. The van der Waals surface area contributed by atoms with Crippen molar-refractivity contribution < 1.29 is 23.7 Å². The predicted molar refractivity (Wildman–Crippen MR) is 71.6 cm³/mol. The molecule has 4 atom stereocenters. The molecule has 0 aromatic rings. The molecule has 0 spiro atoms.